The minimum Gasteiger partial charge on any atom is -0.346 e. The van der Waals surface area contributed by atoms with Crippen LogP contribution in [0.3, 0.4) is 0 Å². The highest BCUT2D eigenvalue weighted by Gasteiger charge is 2.17. The Bertz CT molecular complexity index is 802. The van der Waals surface area contributed by atoms with Gasteiger partial charge in [-0.2, -0.15) is 0 Å². The fourth-order valence-electron chi connectivity index (χ4n) is 2.31. The Morgan fingerprint density at radius 1 is 1.00 bits per heavy atom. The van der Waals surface area contributed by atoms with Crippen molar-refractivity contribution < 1.29 is 13.2 Å². The number of sulfonamides is 1. The SMILES string of the molecule is CC[C@@H](C)NS(=O)(=O)c1ccc(C(=O)N[C@H](C)c2ccccc2)cc1. The molecule has 2 aromatic rings. The Morgan fingerprint density at radius 2 is 1.60 bits per heavy atom. The first kappa shape index (κ1) is 19.1. The number of carbonyl (C=O) groups excluding carboxylic acids is 1. The van der Waals surface area contributed by atoms with E-state index in [9.17, 15) is 13.2 Å². The summed E-state index contributed by atoms with van der Waals surface area (Å²) in [5.41, 5.74) is 1.43. The van der Waals surface area contributed by atoms with Gasteiger partial charge >= 0.3 is 0 Å². The van der Waals surface area contributed by atoms with E-state index in [2.05, 4.69) is 10.0 Å². The molecule has 2 aromatic carbocycles. The first-order valence-electron chi connectivity index (χ1n) is 8.31. The summed E-state index contributed by atoms with van der Waals surface area (Å²) in [6, 6.07) is 15.3. The molecule has 0 saturated heterocycles. The number of benzene rings is 2. The van der Waals surface area contributed by atoms with Gasteiger partial charge in [0, 0.05) is 11.6 Å². The lowest BCUT2D eigenvalue weighted by Crippen LogP contribution is -2.32. The molecular weight excluding hydrogens is 336 g/mol. The van der Waals surface area contributed by atoms with Crippen molar-refractivity contribution in [3.8, 4) is 0 Å². The van der Waals surface area contributed by atoms with E-state index in [-0.39, 0.29) is 22.9 Å². The van der Waals surface area contributed by atoms with E-state index in [0.717, 1.165) is 5.56 Å². The number of amides is 1. The van der Waals surface area contributed by atoms with Gasteiger partial charge < -0.3 is 5.32 Å². The van der Waals surface area contributed by atoms with Crippen molar-refractivity contribution in [1.29, 1.82) is 0 Å². The Hall–Kier alpha value is -2.18. The van der Waals surface area contributed by atoms with E-state index in [4.69, 9.17) is 0 Å². The quantitative estimate of drug-likeness (QED) is 0.796. The van der Waals surface area contributed by atoms with E-state index in [0.29, 0.717) is 12.0 Å². The van der Waals surface area contributed by atoms with Gasteiger partial charge in [0.2, 0.25) is 10.0 Å². The van der Waals surface area contributed by atoms with Crippen molar-refractivity contribution in [3.05, 3.63) is 65.7 Å². The lowest BCUT2D eigenvalue weighted by molar-refractivity contribution is 0.0940. The lowest BCUT2D eigenvalue weighted by atomic mass is 10.1. The summed E-state index contributed by atoms with van der Waals surface area (Å²) in [5.74, 6) is -0.241. The van der Waals surface area contributed by atoms with E-state index >= 15 is 0 Å². The average molecular weight is 360 g/mol. The van der Waals surface area contributed by atoms with Gasteiger partial charge in [0.05, 0.1) is 10.9 Å². The average Bonchev–Trinajstić information content (AvgIpc) is 2.62. The minimum atomic E-state index is -3.56. The minimum absolute atomic E-state index is 0.135. The van der Waals surface area contributed by atoms with Crippen LogP contribution in [0.25, 0.3) is 0 Å². The first-order chi connectivity index (χ1) is 11.8. The lowest BCUT2D eigenvalue weighted by Gasteiger charge is -2.15. The summed E-state index contributed by atoms with van der Waals surface area (Å²) in [6.07, 6.45) is 0.705. The maximum Gasteiger partial charge on any atom is 0.251 e. The molecule has 2 atom stereocenters. The fourth-order valence-corrected chi connectivity index (χ4v) is 3.63. The van der Waals surface area contributed by atoms with Crippen molar-refractivity contribution in [1.82, 2.24) is 10.0 Å². The largest absolute Gasteiger partial charge is 0.346 e. The molecule has 2 N–H and O–H groups in total. The third-order valence-electron chi connectivity index (χ3n) is 4.04. The van der Waals surface area contributed by atoms with Gasteiger partial charge in [-0.1, -0.05) is 37.3 Å². The number of nitrogens with one attached hydrogen (secondary N) is 2. The molecule has 0 saturated carbocycles. The summed E-state index contributed by atoms with van der Waals surface area (Å²) in [5, 5.41) is 2.91. The van der Waals surface area contributed by atoms with Crippen LogP contribution in [0, 0.1) is 0 Å². The fraction of sp³-hybridized carbons (Fsp3) is 0.316. The van der Waals surface area contributed by atoms with Crippen LogP contribution in [-0.4, -0.2) is 20.4 Å². The molecule has 0 heterocycles. The van der Waals surface area contributed by atoms with Crippen molar-refractivity contribution in [3.63, 3.8) is 0 Å². The molecule has 0 aliphatic heterocycles. The standard InChI is InChI=1S/C19H24N2O3S/c1-4-14(2)21-25(23,24)18-12-10-17(11-13-18)19(22)20-15(3)16-8-6-5-7-9-16/h5-15,21H,4H2,1-3H3,(H,20,22)/t14-,15-/m1/s1. The predicted molar refractivity (Wildman–Crippen MR) is 98.8 cm³/mol. The molecule has 0 fully saturated rings. The third kappa shape index (κ3) is 5.14. The van der Waals surface area contributed by atoms with Gasteiger partial charge in [0.25, 0.3) is 5.91 Å². The second-order valence-corrected chi connectivity index (χ2v) is 7.77. The Kier molecular flexibility index (Phi) is 6.33. The zero-order valence-corrected chi connectivity index (χ0v) is 15.5. The smallest absolute Gasteiger partial charge is 0.251 e. The Morgan fingerprint density at radius 3 is 2.16 bits per heavy atom. The van der Waals surface area contributed by atoms with Gasteiger partial charge in [-0.05, 0) is 50.1 Å². The second-order valence-electron chi connectivity index (χ2n) is 6.06. The molecule has 134 valence electrons. The highest BCUT2D eigenvalue weighted by molar-refractivity contribution is 7.89. The van der Waals surface area contributed by atoms with Crippen molar-refractivity contribution in [2.75, 3.05) is 0 Å². The van der Waals surface area contributed by atoms with Crippen LogP contribution >= 0.6 is 0 Å². The molecule has 5 nitrogen and oxygen atoms in total. The maximum absolute atomic E-state index is 12.3. The maximum atomic E-state index is 12.3. The number of hydrogen-bond donors (Lipinski definition) is 2. The zero-order valence-electron chi connectivity index (χ0n) is 14.7. The van der Waals surface area contributed by atoms with Crippen LogP contribution < -0.4 is 10.0 Å². The third-order valence-corrected chi connectivity index (χ3v) is 5.65. The number of rotatable bonds is 7. The van der Waals surface area contributed by atoms with E-state index in [1.54, 1.807) is 0 Å². The van der Waals surface area contributed by atoms with E-state index in [1.807, 2.05) is 51.1 Å². The normalized spacial score (nSPS) is 13.9. The highest BCUT2D eigenvalue weighted by Crippen LogP contribution is 2.15. The molecule has 0 aliphatic carbocycles. The molecule has 0 unspecified atom stereocenters. The van der Waals surface area contributed by atoms with Crippen LogP contribution in [0.5, 0.6) is 0 Å². The Balaban J connectivity index is 2.08. The summed E-state index contributed by atoms with van der Waals surface area (Å²) >= 11 is 0. The summed E-state index contributed by atoms with van der Waals surface area (Å²) in [6.45, 7) is 5.63. The van der Waals surface area contributed by atoms with Crippen LogP contribution in [0.2, 0.25) is 0 Å². The van der Waals surface area contributed by atoms with Gasteiger partial charge in [-0.3, -0.25) is 4.79 Å². The van der Waals surface area contributed by atoms with Crippen LogP contribution in [0.1, 0.15) is 49.2 Å². The van der Waals surface area contributed by atoms with Crippen molar-refractivity contribution in [2.24, 2.45) is 0 Å². The van der Waals surface area contributed by atoms with Gasteiger partial charge in [0.1, 0.15) is 0 Å². The van der Waals surface area contributed by atoms with Gasteiger partial charge in [-0.15, -0.1) is 0 Å². The first-order valence-corrected chi connectivity index (χ1v) is 9.80. The Labute approximate surface area is 149 Å². The second kappa shape index (κ2) is 8.27. The number of hydrogen-bond acceptors (Lipinski definition) is 3. The topological polar surface area (TPSA) is 75.3 Å². The number of carbonyl (C=O) groups is 1. The molecular formula is C19H24N2O3S. The molecule has 1 amide bonds. The molecule has 0 aromatic heterocycles. The van der Waals surface area contributed by atoms with Crippen LogP contribution in [0.4, 0.5) is 0 Å². The summed E-state index contributed by atoms with van der Waals surface area (Å²) in [4.78, 5) is 12.5. The molecule has 6 heteroatoms. The summed E-state index contributed by atoms with van der Waals surface area (Å²) < 4.78 is 27.1. The van der Waals surface area contributed by atoms with Crippen molar-refractivity contribution in [2.45, 2.75) is 44.2 Å². The summed E-state index contributed by atoms with van der Waals surface area (Å²) in [7, 11) is -3.56. The van der Waals surface area contributed by atoms with Gasteiger partial charge in [0.15, 0.2) is 0 Å². The van der Waals surface area contributed by atoms with E-state index in [1.165, 1.54) is 24.3 Å². The van der Waals surface area contributed by atoms with Crippen LogP contribution in [-0.2, 0) is 10.0 Å². The predicted octanol–water partition coefficient (Wildman–Crippen LogP) is 3.25. The molecule has 25 heavy (non-hydrogen) atoms. The monoisotopic (exact) mass is 360 g/mol. The molecule has 0 bridgehead atoms. The van der Waals surface area contributed by atoms with Crippen LogP contribution in [0.15, 0.2) is 59.5 Å². The van der Waals surface area contributed by atoms with E-state index < -0.39 is 10.0 Å². The highest BCUT2D eigenvalue weighted by atomic mass is 32.2. The molecule has 2 rings (SSSR count). The van der Waals surface area contributed by atoms with Gasteiger partial charge in [-0.25, -0.2) is 13.1 Å². The molecule has 0 spiro atoms. The van der Waals surface area contributed by atoms with Crippen molar-refractivity contribution >= 4 is 15.9 Å². The molecule has 0 radical (unpaired) electrons. The zero-order chi connectivity index (χ0) is 18.4. The molecule has 0 aliphatic rings.